The molecule has 0 radical (unpaired) electrons. The highest BCUT2D eigenvalue weighted by Gasteiger charge is 2.37. The fourth-order valence-corrected chi connectivity index (χ4v) is 5.56. The van der Waals surface area contributed by atoms with E-state index in [9.17, 15) is 9.59 Å². The minimum Gasteiger partial charge on any atom is -0.491 e. The first kappa shape index (κ1) is 23.3. The molecular weight excluding hydrogens is 464 g/mol. The zero-order valence-corrected chi connectivity index (χ0v) is 20.8. The quantitative estimate of drug-likeness (QED) is 0.518. The number of hydrogen-bond donors (Lipinski definition) is 2. The number of urea groups is 1. The first-order valence-corrected chi connectivity index (χ1v) is 12.6. The molecule has 8 nitrogen and oxygen atoms in total. The predicted molar refractivity (Wildman–Crippen MR) is 134 cm³/mol. The van der Waals surface area contributed by atoms with Crippen molar-refractivity contribution in [3.8, 4) is 26.9 Å². The van der Waals surface area contributed by atoms with Gasteiger partial charge in [0, 0.05) is 24.2 Å². The summed E-state index contributed by atoms with van der Waals surface area (Å²) >= 11 is 1.56. The van der Waals surface area contributed by atoms with E-state index in [1.807, 2.05) is 45.0 Å². The number of carbonyl (C=O) groups is 2. The minimum absolute atomic E-state index is 0.0927. The molecule has 1 aromatic heterocycles. The van der Waals surface area contributed by atoms with Crippen LogP contribution in [0.25, 0.3) is 21.1 Å². The summed E-state index contributed by atoms with van der Waals surface area (Å²) in [5.41, 5.74) is 5.39. The second kappa shape index (κ2) is 9.30. The summed E-state index contributed by atoms with van der Waals surface area (Å²) in [4.78, 5) is 25.1. The van der Waals surface area contributed by atoms with Crippen molar-refractivity contribution in [2.75, 3.05) is 13.1 Å². The second-order valence-electron chi connectivity index (χ2n) is 9.41. The third kappa shape index (κ3) is 4.60. The largest absolute Gasteiger partial charge is 0.491 e. The number of nitrogens with one attached hydrogen (secondary N) is 1. The molecule has 0 unspecified atom stereocenters. The van der Waals surface area contributed by atoms with Crippen LogP contribution in [0.4, 0.5) is 4.79 Å². The lowest BCUT2D eigenvalue weighted by molar-refractivity contribution is -0.146. The number of aliphatic carboxylic acids is 1. The van der Waals surface area contributed by atoms with Gasteiger partial charge < -0.3 is 20.1 Å². The summed E-state index contributed by atoms with van der Waals surface area (Å²) in [6.45, 7) is 6.58. The Morgan fingerprint density at radius 2 is 1.94 bits per heavy atom. The van der Waals surface area contributed by atoms with Crippen LogP contribution in [0.5, 0.6) is 5.75 Å². The van der Waals surface area contributed by atoms with Crippen LogP contribution in [0.1, 0.15) is 43.0 Å². The Hall–Kier alpha value is -3.46. The van der Waals surface area contributed by atoms with Gasteiger partial charge in [-0.3, -0.25) is 4.79 Å². The molecule has 1 saturated heterocycles. The van der Waals surface area contributed by atoms with Gasteiger partial charge in [0.25, 0.3) is 0 Å². The summed E-state index contributed by atoms with van der Waals surface area (Å²) in [5.74, 6) is -0.437. The molecule has 35 heavy (non-hydrogen) atoms. The zero-order chi connectivity index (χ0) is 24.7. The molecule has 1 aliphatic heterocycles. The highest BCUT2D eigenvalue weighted by atomic mass is 32.1. The average molecular weight is 493 g/mol. The van der Waals surface area contributed by atoms with E-state index in [1.54, 1.807) is 16.2 Å². The van der Waals surface area contributed by atoms with Gasteiger partial charge in [-0.25, -0.2) is 4.79 Å². The second-order valence-corrected chi connectivity index (χ2v) is 10.4. The van der Waals surface area contributed by atoms with Gasteiger partial charge in [0.05, 0.1) is 18.1 Å². The van der Waals surface area contributed by atoms with Gasteiger partial charge >= 0.3 is 12.0 Å². The number of hydrogen-bond acceptors (Lipinski definition) is 6. The summed E-state index contributed by atoms with van der Waals surface area (Å²) in [6.07, 6.45) is 1.76. The van der Waals surface area contributed by atoms with Crippen molar-refractivity contribution in [2.45, 2.75) is 45.8 Å². The van der Waals surface area contributed by atoms with Crippen LogP contribution in [0, 0.1) is 12.8 Å². The molecule has 9 heteroatoms. The van der Waals surface area contributed by atoms with E-state index in [0.717, 1.165) is 50.9 Å². The number of nitrogens with zero attached hydrogens (tertiary/aromatic N) is 3. The first-order valence-electron chi connectivity index (χ1n) is 11.8. The lowest BCUT2D eigenvalue weighted by Gasteiger charge is -2.37. The molecule has 1 atom stereocenters. The monoisotopic (exact) mass is 492 g/mol. The molecule has 2 amide bonds. The number of fused-ring (bicyclic) bond motifs is 1. The normalized spacial score (nSPS) is 17.3. The number of aromatic nitrogens is 2. The van der Waals surface area contributed by atoms with Gasteiger partial charge in [0.15, 0.2) is 0 Å². The van der Waals surface area contributed by atoms with Crippen molar-refractivity contribution in [2.24, 2.45) is 5.92 Å². The van der Waals surface area contributed by atoms with Crippen LogP contribution in [-0.4, -0.2) is 51.4 Å². The molecule has 1 fully saturated rings. The van der Waals surface area contributed by atoms with Gasteiger partial charge in [-0.1, -0.05) is 29.5 Å². The number of likely N-dealkylation sites (tertiary alicyclic amines) is 1. The van der Waals surface area contributed by atoms with E-state index in [0.29, 0.717) is 0 Å². The van der Waals surface area contributed by atoms with Gasteiger partial charge in [-0.2, -0.15) is 0 Å². The van der Waals surface area contributed by atoms with E-state index in [2.05, 4.69) is 27.6 Å². The Morgan fingerprint density at radius 3 is 2.66 bits per heavy atom. The van der Waals surface area contributed by atoms with Gasteiger partial charge in [-0.15, -0.1) is 10.2 Å². The smallest absolute Gasteiger partial charge is 0.317 e. The Balaban J connectivity index is 1.32. The molecule has 3 aromatic rings. The average Bonchev–Trinajstić information content (AvgIpc) is 3.41. The molecule has 5 rings (SSSR count). The van der Waals surface area contributed by atoms with Gasteiger partial charge in [0.1, 0.15) is 15.8 Å². The SMILES string of the molecule is Cc1cc(-c2nnc(-c3cccc4c3CC[C@@H]4NC(=O)N3CC(C(=O)O)C3)s2)ccc1OC(C)C. The van der Waals surface area contributed by atoms with Gasteiger partial charge in [-0.05, 0) is 68.5 Å². The molecule has 2 aliphatic rings. The van der Waals surface area contributed by atoms with Crippen LogP contribution >= 0.6 is 11.3 Å². The van der Waals surface area contributed by atoms with Crippen molar-refractivity contribution >= 4 is 23.3 Å². The minimum atomic E-state index is -0.851. The number of carboxylic acids is 1. The zero-order valence-electron chi connectivity index (χ0n) is 19.9. The molecule has 1 aliphatic carbocycles. The van der Waals surface area contributed by atoms with E-state index in [1.165, 1.54) is 5.56 Å². The van der Waals surface area contributed by atoms with Crippen molar-refractivity contribution in [3.05, 3.63) is 53.1 Å². The molecule has 2 heterocycles. The van der Waals surface area contributed by atoms with Crippen LogP contribution in [0.2, 0.25) is 0 Å². The van der Waals surface area contributed by atoms with Crippen molar-refractivity contribution in [1.29, 1.82) is 0 Å². The third-order valence-electron chi connectivity index (χ3n) is 6.53. The number of aryl methyl sites for hydroxylation is 1. The predicted octanol–water partition coefficient (Wildman–Crippen LogP) is 4.68. The van der Waals surface area contributed by atoms with E-state index in [-0.39, 0.29) is 31.3 Å². The van der Waals surface area contributed by atoms with Crippen LogP contribution in [-0.2, 0) is 11.2 Å². The molecule has 0 bridgehead atoms. The van der Waals surface area contributed by atoms with Gasteiger partial charge in [0.2, 0.25) is 0 Å². The summed E-state index contributed by atoms with van der Waals surface area (Å²) in [6, 6.07) is 11.9. The Kier molecular flexibility index (Phi) is 6.19. The van der Waals surface area contributed by atoms with E-state index in [4.69, 9.17) is 9.84 Å². The highest BCUT2D eigenvalue weighted by Crippen LogP contribution is 2.40. The van der Waals surface area contributed by atoms with Crippen LogP contribution in [0.15, 0.2) is 36.4 Å². The fourth-order valence-electron chi connectivity index (χ4n) is 4.66. The summed E-state index contributed by atoms with van der Waals surface area (Å²) in [7, 11) is 0. The van der Waals surface area contributed by atoms with Crippen LogP contribution < -0.4 is 10.1 Å². The van der Waals surface area contributed by atoms with Crippen molar-refractivity contribution < 1.29 is 19.4 Å². The van der Waals surface area contributed by atoms with Crippen molar-refractivity contribution in [3.63, 3.8) is 0 Å². The molecule has 2 aromatic carbocycles. The summed E-state index contributed by atoms with van der Waals surface area (Å²) < 4.78 is 5.85. The van der Waals surface area contributed by atoms with Crippen LogP contribution in [0.3, 0.4) is 0 Å². The Labute approximate surface area is 208 Å². The number of carboxylic acid groups (broad SMARTS) is 1. The maximum Gasteiger partial charge on any atom is 0.317 e. The number of ether oxygens (including phenoxy) is 1. The molecule has 0 saturated carbocycles. The lowest BCUT2D eigenvalue weighted by Crippen LogP contribution is -2.56. The number of rotatable bonds is 6. The van der Waals surface area contributed by atoms with E-state index < -0.39 is 11.9 Å². The Bertz CT molecular complexity index is 1280. The van der Waals surface area contributed by atoms with Crippen molar-refractivity contribution in [1.82, 2.24) is 20.4 Å². The third-order valence-corrected chi connectivity index (χ3v) is 7.53. The number of amides is 2. The highest BCUT2D eigenvalue weighted by molar-refractivity contribution is 7.17. The molecule has 182 valence electrons. The Morgan fingerprint density at radius 1 is 1.17 bits per heavy atom. The topological polar surface area (TPSA) is 105 Å². The molecular formula is C26H28N4O4S. The first-order chi connectivity index (χ1) is 16.8. The lowest BCUT2D eigenvalue weighted by atomic mass is 10.0. The molecule has 0 spiro atoms. The van der Waals surface area contributed by atoms with E-state index >= 15 is 0 Å². The standard InChI is InChI=1S/C26H28N4O4S/c1-14(2)34-22-10-7-16(11-15(22)3)23-28-29-24(35-23)20-6-4-5-19-18(20)8-9-21(19)27-26(33)30-12-17(13-30)25(31)32/h4-7,10-11,14,17,21H,8-9,12-13H2,1-3H3,(H,27,33)(H,31,32)/t21-/m0/s1. The molecule has 2 N–H and O–H groups in total. The summed E-state index contributed by atoms with van der Waals surface area (Å²) in [5, 5.41) is 22.8. The fraction of sp³-hybridized carbons (Fsp3) is 0.385. The number of benzene rings is 2. The maximum atomic E-state index is 12.6. The maximum absolute atomic E-state index is 12.6. The number of carbonyl (C=O) groups excluding carboxylic acids is 1.